The number of aromatic nitrogens is 3. The second-order valence-corrected chi connectivity index (χ2v) is 6.98. The van der Waals surface area contributed by atoms with Crippen LogP contribution in [0.5, 0.6) is 17.4 Å². The quantitative estimate of drug-likeness (QED) is 0.355. The topological polar surface area (TPSA) is 112 Å². The van der Waals surface area contributed by atoms with E-state index in [4.69, 9.17) is 9.47 Å². The van der Waals surface area contributed by atoms with Crippen molar-refractivity contribution in [3.05, 3.63) is 64.5 Å². The molecule has 10 heteroatoms. The molecule has 2 aromatic heterocycles. The minimum absolute atomic E-state index is 0.00777. The number of methoxy groups -OCH3 is 1. The van der Waals surface area contributed by atoms with Crippen LogP contribution >= 0.6 is 11.3 Å². The molecule has 0 atom stereocenters. The molecule has 2 aromatic carbocycles. The number of thiazole rings is 1. The van der Waals surface area contributed by atoms with Crippen molar-refractivity contribution in [2.75, 3.05) is 12.4 Å². The van der Waals surface area contributed by atoms with Crippen LogP contribution in [-0.2, 0) is 0 Å². The molecule has 0 aliphatic carbocycles. The maximum absolute atomic E-state index is 11.8. The van der Waals surface area contributed by atoms with Gasteiger partial charge in [0.2, 0.25) is 5.82 Å². The van der Waals surface area contributed by atoms with Crippen LogP contribution in [0.15, 0.2) is 48.8 Å². The summed E-state index contributed by atoms with van der Waals surface area (Å²) in [6, 6.07) is 12.6. The molecular weight excluding hydrogens is 394 g/mol. The third-order valence-electron chi connectivity index (χ3n) is 4.09. The van der Waals surface area contributed by atoms with Gasteiger partial charge in [-0.2, -0.15) is 4.98 Å². The molecule has 1 N–H and O–H groups in total. The number of hydrogen-bond acceptors (Lipinski definition) is 9. The highest BCUT2D eigenvalue weighted by atomic mass is 32.1. The largest absolute Gasteiger partial charge is 0.493 e. The first-order valence-corrected chi connectivity index (χ1v) is 9.32. The zero-order chi connectivity index (χ0) is 20.4. The van der Waals surface area contributed by atoms with Crippen molar-refractivity contribution < 1.29 is 14.4 Å². The molecule has 0 aliphatic rings. The van der Waals surface area contributed by atoms with E-state index >= 15 is 0 Å². The summed E-state index contributed by atoms with van der Waals surface area (Å²) in [5.41, 5.74) is 1.46. The molecule has 146 valence electrons. The van der Waals surface area contributed by atoms with Crippen molar-refractivity contribution in [3.8, 4) is 17.4 Å². The zero-order valence-electron chi connectivity index (χ0n) is 15.4. The first-order valence-electron chi connectivity index (χ1n) is 8.50. The predicted molar refractivity (Wildman–Crippen MR) is 109 cm³/mol. The summed E-state index contributed by atoms with van der Waals surface area (Å²) in [7, 11) is 1.48. The van der Waals surface area contributed by atoms with Crippen LogP contribution in [0.4, 0.5) is 16.6 Å². The summed E-state index contributed by atoms with van der Waals surface area (Å²) >= 11 is 1.38. The van der Waals surface area contributed by atoms with Gasteiger partial charge in [0, 0.05) is 0 Å². The summed E-state index contributed by atoms with van der Waals surface area (Å²) in [6.07, 6.45) is 1.19. The van der Waals surface area contributed by atoms with Crippen LogP contribution < -0.4 is 14.8 Å². The van der Waals surface area contributed by atoms with Gasteiger partial charge in [-0.3, -0.25) is 10.1 Å². The van der Waals surface area contributed by atoms with Crippen molar-refractivity contribution in [1.29, 1.82) is 0 Å². The number of aryl methyl sites for hydroxylation is 1. The minimum Gasteiger partial charge on any atom is -0.493 e. The molecular formula is C19H15N5O4S. The highest BCUT2D eigenvalue weighted by molar-refractivity contribution is 7.22. The fraction of sp³-hybridized carbons (Fsp3) is 0.105. The van der Waals surface area contributed by atoms with Gasteiger partial charge in [0.25, 0.3) is 0 Å². The Morgan fingerprint density at radius 2 is 1.90 bits per heavy atom. The van der Waals surface area contributed by atoms with Gasteiger partial charge >= 0.3 is 11.6 Å². The summed E-state index contributed by atoms with van der Waals surface area (Å²) in [5, 5.41) is 15.2. The van der Waals surface area contributed by atoms with Gasteiger partial charge in [-0.15, -0.1) is 0 Å². The number of hydrogen-bond donors (Lipinski definition) is 1. The summed E-state index contributed by atoms with van der Waals surface area (Å²) < 4.78 is 11.9. The van der Waals surface area contributed by atoms with E-state index in [0.29, 0.717) is 16.6 Å². The van der Waals surface area contributed by atoms with Gasteiger partial charge in [-0.25, -0.2) is 9.97 Å². The maximum atomic E-state index is 11.8. The van der Waals surface area contributed by atoms with Crippen LogP contribution in [0.25, 0.3) is 10.2 Å². The molecule has 2 heterocycles. The number of para-hydroxylation sites is 3. The average Bonchev–Trinajstić information content (AvgIpc) is 3.12. The number of benzene rings is 2. The van der Waals surface area contributed by atoms with Crippen LogP contribution in [-0.4, -0.2) is 27.0 Å². The van der Waals surface area contributed by atoms with Crippen LogP contribution in [0.3, 0.4) is 0 Å². The van der Waals surface area contributed by atoms with Gasteiger partial charge in [0.05, 0.1) is 22.2 Å². The van der Waals surface area contributed by atoms with E-state index in [0.717, 1.165) is 15.8 Å². The van der Waals surface area contributed by atoms with Crippen molar-refractivity contribution in [2.45, 2.75) is 6.92 Å². The average molecular weight is 409 g/mol. The highest BCUT2D eigenvalue weighted by Crippen LogP contribution is 2.39. The molecule has 4 aromatic rings. The lowest BCUT2D eigenvalue weighted by molar-refractivity contribution is -0.385. The molecule has 0 amide bonds. The standard InChI is InChI=1S/C19H15N5O4S/c1-11-6-5-9-14-15(11)22-19(29-14)23-17-16(24(25)26)18(21-10-20-17)28-13-8-4-3-7-12(13)27-2/h3-10H,1-2H3,(H,20,21,22,23). The van der Waals surface area contributed by atoms with Crippen molar-refractivity contribution >= 4 is 38.2 Å². The van der Waals surface area contributed by atoms with Gasteiger partial charge in [-0.05, 0) is 30.7 Å². The van der Waals surface area contributed by atoms with E-state index in [1.807, 2.05) is 25.1 Å². The molecule has 0 saturated carbocycles. The van der Waals surface area contributed by atoms with E-state index in [1.54, 1.807) is 24.3 Å². The van der Waals surface area contributed by atoms with Gasteiger partial charge in [0.15, 0.2) is 16.6 Å². The summed E-state index contributed by atoms with van der Waals surface area (Å²) in [6.45, 7) is 1.96. The molecule has 29 heavy (non-hydrogen) atoms. The molecule has 9 nitrogen and oxygen atoms in total. The fourth-order valence-corrected chi connectivity index (χ4v) is 3.68. The second kappa shape index (κ2) is 7.68. The second-order valence-electron chi connectivity index (χ2n) is 5.95. The van der Waals surface area contributed by atoms with E-state index in [2.05, 4.69) is 20.3 Å². The minimum atomic E-state index is -0.592. The normalized spacial score (nSPS) is 10.7. The van der Waals surface area contributed by atoms with Crippen LogP contribution in [0.2, 0.25) is 0 Å². The van der Waals surface area contributed by atoms with E-state index in [1.165, 1.54) is 24.8 Å². The number of rotatable bonds is 6. The Kier molecular flexibility index (Phi) is 4.92. The molecule has 0 aliphatic heterocycles. The molecule has 0 spiro atoms. The third-order valence-corrected chi connectivity index (χ3v) is 5.03. The Hall–Kier alpha value is -3.79. The maximum Gasteiger partial charge on any atom is 0.373 e. The third kappa shape index (κ3) is 3.65. The number of nitrogens with zero attached hydrogens (tertiary/aromatic N) is 4. The van der Waals surface area contributed by atoms with Crippen LogP contribution in [0, 0.1) is 17.0 Å². The van der Waals surface area contributed by atoms with E-state index in [-0.39, 0.29) is 11.7 Å². The van der Waals surface area contributed by atoms with E-state index < -0.39 is 10.6 Å². The fourth-order valence-electron chi connectivity index (χ4n) is 2.74. The highest BCUT2D eigenvalue weighted by Gasteiger charge is 2.26. The Morgan fingerprint density at radius 1 is 1.10 bits per heavy atom. The first kappa shape index (κ1) is 18.6. The van der Waals surface area contributed by atoms with Crippen molar-refractivity contribution in [3.63, 3.8) is 0 Å². The monoisotopic (exact) mass is 409 g/mol. The number of ether oxygens (including phenoxy) is 2. The SMILES string of the molecule is COc1ccccc1Oc1ncnc(Nc2nc3c(C)cccc3s2)c1[N+](=O)[O-]. The van der Waals surface area contributed by atoms with Crippen LogP contribution in [0.1, 0.15) is 5.56 Å². The lowest BCUT2D eigenvalue weighted by Crippen LogP contribution is -2.03. The Balaban J connectivity index is 1.73. The van der Waals surface area contributed by atoms with Crippen molar-refractivity contribution in [2.24, 2.45) is 0 Å². The number of anilines is 2. The first-order chi connectivity index (χ1) is 14.1. The Bertz CT molecular complexity index is 1210. The lowest BCUT2D eigenvalue weighted by atomic mass is 10.2. The molecule has 4 rings (SSSR count). The zero-order valence-corrected chi connectivity index (χ0v) is 16.3. The Labute approximate surface area is 169 Å². The predicted octanol–water partition coefficient (Wildman–Crippen LogP) is 4.85. The van der Waals surface area contributed by atoms with Gasteiger partial charge in [-0.1, -0.05) is 35.6 Å². The number of fused-ring (bicyclic) bond motifs is 1. The number of nitro groups is 1. The summed E-state index contributed by atoms with van der Waals surface area (Å²) in [4.78, 5) is 23.6. The smallest absolute Gasteiger partial charge is 0.373 e. The molecule has 0 fully saturated rings. The Morgan fingerprint density at radius 3 is 2.62 bits per heavy atom. The van der Waals surface area contributed by atoms with E-state index in [9.17, 15) is 10.1 Å². The van der Waals surface area contributed by atoms with Gasteiger partial charge in [0.1, 0.15) is 6.33 Å². The van der Waals surface area contributed by atoms with Crippen molar-refractivity contribution in [1.82, 2.24) is 15.0 Å². The molecule has 0 saturated heterocycles. The molecule has 0 radical (unpaired) electrons. The molecule has 0 bridgehead atoms. The molecule has 0 unspecified atom stereocenters. The lowest BCUT2D eigenvalue weighted by Gasteiger charge is -2.10. The number of nitrogens with one attached hydrogen (secondary N) is 1. The summed E-state index contributed by atoms with van der Waals surface area (Å²) in [5.74, 6) is 0.524. The van der Waals surface area contributed by atoms with Gasteiger partial charge < -0.3 is 14.8 Å².